The first-order valence-corrected chi connectivity index (χ1v) is 23.0. The highest BCUT2D eigenvalue weighted by atomic mass is 15.1. The molecule has 1 aliphatic rings. The van der Waals surface area contributed by atoms with Crippen LogP contribution in [-0.4, -0.2) is 0 Å². The summed E-state index contributed by atoms with van der Waals surface area (Å²) >= 11 is 0. The molecule has 0 amide bonds. The van der Waals surface area contributed by atoms with E-state index in [1.165, 1.54) is 88.3 Å². The topological polar surface area (TPSA) is 3.24 Å². The molecule has 0 saturated carbocycles. The van der Waals surface area contributed by atoms with Gasteiger partial charge in [-0.2, -0.15) is 0 Å². The zero-order valence-corrected chi connectivity index (χ0v) is 37.1. The fourth-order valence-corrected chi connectivity index (χ4v) is 10.5. The Morgan fingerprint density at radius 3 is 1.41 bits per heavy atom. The van der Waals surface area contributed by atoms with E-state index >= 15 is 0 Å². The van der Waals surface area contributed by atoms with E-state index in [-0.39, 0.29) is 5.41 Å². The third-order valence-electron chi connectivity index (χ3n) is 13.8. The minimum Gasteiger partial charge on any atom is -0.310 e. The molecule has 0 heterocycles. The molecule has 11 aromatic rings. The normalized spacial score (nSPS) is 12.5. The maximum atomic E-state index is 2.52. The number of rotatable bonds is 8. The molecule has 12 rings (SSSR count). The summed E-state index contributed by atoms with van der Waals surface area (Å²) in [5.41, 5.74) is 20.2. The Kier molecular flexibility index (Phi) is 9.58. The Hall–Kier alpha value is -8.26. The Balaban J connectivity index is 1.18. The Morgan fingerprint density at radius 2 is 0.773 bits per heavy atom. The van der Waals surface area contributed by atoms with Gasteiger partial charge in [0.2, 0.25) is 0 Å². The highest BCUT2D eigenvalue weighted by molar-refractivity contribution is 6.10. The molecule has 0 N–H and O–H groups in total. The second-order valence-corrected chi connectivity index (χ2v) is 18.1. The summed E-state index contributed by atoms with van der Waals surface area (Å²) in [6.45, 7) is 4.76. The van der Waals surface area contributed by atoms with Gasteiger partial charge in [-0.25, -0.2) is 0 Å². The molecule has 66 heavy (non-hydrogen) atoms. The number of benzene rings is 11. The lowest BCUT2D eigenvalue weighted by Crippen LogP contribution is -2.17. The van der Waals surface area contributed by atoms with Crippen molar-refractivity contribution in [3.05, 3.63) is 260 Å². The van der Waals surface area contributed by atoms with Crippen LogP contribution < -0.4 is 4.90 Å². The quantitative estimate of drug-likeness (QED) is 0.138. The van der Waals surface area contributed by atoms with E-state index in [1.54, 1.807) is 0 Å². The van der Waals surface area contributed by atoms with Crippen LogP contribution in [0.15, 0.2) is 249 Å². The van der Waals surface area contributed by atoms with Crippen LogP contribution in [0, 0.1) is 0 Å². The van der Waals surface area contributed by atoms with Crippen LogP contribution in [0.25, 0.3) is 88.3 Å². The lowest BCUT2D eigenvalue weighted by molar-refractivity contribution is 0.660. The summed E-state index contributed by atoms with van der Waals surface area (Å²) < 4.78 is 0. The van der Waals surface area contributed by atoms with Gasteiger partial charge >= 0.3 is 0 Å². The summed E-state index contributed by atoms with van der Waals surface area (Å²) in [6.07, 6.45) is 0. The van der Waals surface area contributed by atoms with Crippen LogP contribution in [0.1, 0.15) is 25.0 Å². The molecule has 0 fully saturated rings. The number of anilines is 3. The first-order valence-electron chi connectivity index (χ1n) is 23.0. The van der Waals surface area contributed by atoms with Crippen molar-refractivity contribution in [3.63, 3.8) is 0 Å². The first-order chi connectivity index (χ1) is 32.5. The summed E-state index contributed by atoms with van der Waals surface area (Å²) in [4.78, 5) is 2.52. The van der Waals surface area contributed by atoms with E-state index in [0.29, 0.717) is 0 Å². The maximum absolute atomic E-state index is 2.52. The van der Waals surface area contributed by atoms with Crippen LogP contribution in [0.5, 0.6) is 0 Å². The predicted molar refractivity (Wildman–Crippen MR) is 281 cm³/mol. The molecule has 0 spiro atoms. The molecule has 0 unspecified atom stereocenters. The smallest absolute Gasteiger partial charge is 0.0543 e. The van der Waals surface area contributed by atoms with E-state index < -0.39 is 0 Å². The van der Waals surface area contributed by atoms with Gasteiger partial charge in [-0.15, -0.1) is 0 Å². The number of hydrogen-bond acceptors (Lipinski definition) is 1. The lowest BCUT2D eigenvalue weighted by Gasteiger charge is -2.32. The van der Waals surface area contributed by atoms with Gasteiger partial charge in [0.1, 0.15) is 0 Å². The van der Waals surface area contributed by atoms with E-state index in [9.17, 15) is 0 Å². The van der Waals surface area contributed by atoms with Gasteiger partial charge in [0.25, 0.3) is 0 Å². The molecule has 0 atom stereocenters. The third kappa shape index (κ3) is 6.71. The molecule has 0 saturated heterocycles. The number of fused-ring (bicyclic) bond motifs is 6. The predicted octanol–water partition coefficient (Wildman–Crippen LogP) is 18.1. The summed E-state index contributed by atoms with van der Waals surface area (Å²) in [5, 5.41) is 4.99. The van der Waals surface area contributed by atoms with Crippen LogP contribution in [0.3, 0.4) is 0 Å². The van der Waals surface area contributed by atoms with Crippen molar-refractivity contribution in [2.45, 2.75) is 19.3 Å². The van der Waals surface area contributed by atoms with Crippen molar-refractivity contribution in [1.82, 2.24) is 0 Å². The van der Waals surface area contributed by atoms with Gasteiger partial charge < -0.3 is 4.90 Å². The molecule has 1 aliphatic carbocycles. The van der Waals surface area contributed by atoms with Crippen molar-refractivity contribution < 1.29 is 0 Å². The highest BCUT2D eigenvalue weighted by Crippen LogP contribution is 2.55. The molecule has 312 valence electrons. The molecular formula is C65H47N. The van der Waals surface area contributed by atoms with Crippen molar-refractivity contribution in [2.75, 3.05) is 4.90 Å². The van der Waals surface area contributed by atoms with Gasteiger partial charge in [0.15, 0.2) is 0 Å². The van der Waals surface area contributed by atoms with Crippen molar-refractivity contribution in [3.8, 4) is 66.8 Å². The Labute approximate surface area is 387 Å². The maximum Gasteiger partial charge on any atom is 0.0543 e. The molecule has 0 aliphatic heterocycles. The SMILES string of the molecule is CC1(C)c2ccccc2-c2cc(-c3ccccc3)c(N(c3ccc(-c4ccccc4)cc3)c3cc(-c4ccccc4)c(-c4ccc5ccc6ccccc6c5c4)c(-c4ccccc4)c3)cc21. The van der Waals surface area contributed by atoms with Crippen LogP contribution in [0.4, 0.5) is 17.1 Å². The second kappa shape index (κ2) is 16.1. The Bertz CT molecular complexity index is 3510. The minimum absolute atomic E-state index is 0.201. The number of nitrogens with zero attached hydrogens (tertiary/aromatic N) is 1. The molecule has 1 nitrogen and oxygen atoms in total. The average molecular weight is 842 g/mol. The van der Waals surface area contributed by atoms with E-state index in [2.05, 4.69) is 267 Å². The van der Waals surface area contributed by atoms with E-state index in [1.807, 2.05) is 0 Å². The van der Waals surface area contributed by atoms with Crippen LogP contribution in [0.2, 0.25) is 0 Å². The minimum atomic E-state index is -0.201. The zero-order valence-electron chi connectivity index (χ0n) is 37.1. The second-order valence-electron chi connectivity index (χ2n) is 18.1. The Morgan fingerprint density at radius 1 is 0.288 bits per heavy atom. The summed E-state index contributed by atoms with van der Waals surface area (Å²) in [6, 6.07) is 91.8. The lowest BCUT2D eigenvalue weighted by atomic mass is 9.81. The van der Waals surface area contributed by atoms with Crippen molar-refractivity contribution in [2.24, 2.45) is 0 Å². The number of hydrogen-bond donors (Lipinski definition) is 0. The molecule has 0 radical (unpaired) electrons. The molecule has 0 aromatic heterocycles. The summed E-state index contributed by atoms with van der Waals surface area (Å²) in [5.74, 6) is 0. The van der Waals surface area contributed by atoms with Gasteiger partial charge in [-0.1, -0.05) is 220 Å². The zero-order chi connectivity index (χ0) is 44.2. The largest absolute Gasteiger partial charge is 0.310 e. The van der Waals surface area contributed by atoms with Gasteiger partial charge in [-0.3, -0.25) is 0 Å². The first kappa shape index (κ1) is 39.3. The summed E-state index contributed by atoms with van der Waals surface area (Å²) in [7, 11) is 0. The van der Waals surface area contributed by atoms with Crippen molar-refractivity contribution in [1.29, 1.82) is 0 Å². The molecule has 0 bridgehead atoms. The monoisotopic (exact) mass is 841 g/mol. The highest BCUT2D eigenvalue weighted by Gasteiger charge is 2.37. The third-order valence-corrected chi connectivity index (χ3v) is 13.8. The van der Waals surface area contributed by atoms with Crippen LogP contribution in [-0.2, 0) is 5.41 Å². The standard InChI is InChI=1S/C65H47N/c1-65(2)61-30-18-17-29-55(61)60-42-57(46-21-9-4-10-22-46)63(43-62(60)65)66(52-37-35-45(36-38-52)44-19-7-3-8-20-44)53-40-58(47-23-11-5-12-24-47)64(59(41-53)48-25-13-6-14-26-48)51-34-33-50-32-31-49-27-15-16-28-54(49)56(50)39-51/h3-43H,1-2H3. The average Bonchev–Trinajstić information content (AvgIpc) is 3.61. The fourth-order valence-electron chi connectivity index (χ4n) is 10.5. The van der Waals surface area contributed by atoms with Crippen molar-refractivity contribution >= 4 is 38.6 Å². The van der Waals surface area contributed by atoms with Gasteiger partial charge in [0.05, 0.1) is 5.69 Å². The van der Waals surface area contributed by atoms with Gasteiger partial charge in [-0.05, 0) is 136 Å². The fraction of sp³-hybridized carbons (Fsp3) is 0.0462. The van der Waals surface area contributed by atoms with Gasteiger partial charge in [0, 0.05) is 22.4 Å². The van der Waals surface area contributed by atoms with Crippen LogP contribution >= 0.6 is 0 Å². The molecule has 1 heteroatoms. The van der Waals surface area contributed by atoms with E-state index in [4.69, 9.17) is 0 Å². The molecule has 11 aromatic carbocycles. The molecular weight excluding hydrogens is 795 g/mol. The van der Waals surface area contributed by atoms with E-state index in [0.717, 1.165) is 28.2 Å².